The van der Waals surface area contributed by atoms with Gasteiger partial charge in [0.05, 0.1) is 17.6 Å². The van der Waals surface area contributed by atoms with Crippen LogP contribution in [0.1, 0.15) is 19.8 Å². The van der Waals surface area contributed by atoms with Gasteiger partial charge in [0.2, 0.25) is 15.9 Å². The molecule has 138 valence electrons. The van der Waals surface area contributed by atoms with Crippen LogP contribution in [-0.4, -0.2) is 19.2 Å². The maximum absolute atomic E-state index is 11.9. The van der Waals surface area contributed by atoms with Crippen LogP contribution in [-0.2, 0) is 10.0 Å². The lowest BCUT2D eigenvalue weighted by molar-refractivity contribution is 0.468. The third-order valence-electron chi connectivity index (χ3n) is 3.74. The van der Waals surface area contributed by atoms with Gasteiger partial charge in [-0.1, -0.05) is 49.7 Å². The molecule has 0 aliphatic rings. The molecule has 0 atom stereocenters. The maximum atomic E-state index is 11.9. The fraction of sp³-hybridized carbons (Fsp3) is 0.211. The third-order valence-corrected chi connectivity index (χ3v) is 5.11. The number of ether oxygens (including phenoxy) is 1. The first-order chi connectivity index (χ1) is 12.1. The molecule has 2 aromatic carbocycles. The van der Waals surface area contributed by atoms with Gasteiger partial charge in [0.1, 0.15) is 5.75 Å². The van der Waals surface area contributed by atoms with Crippen LogP contribution in [0, 0.1) is 0 Å². The number of sulfonamides is 1. The Morgan fingerprint density at radius 1 is 1.04 bits per heavy atom. The molecule has 0 bridgehead atoms. The summed E-state index contributed by atoms with van der Waals surface area (Å²) in [7, 11) is -3.33. The highest BCUT2D eigenvalue weighted by atomic mass is 35.5. The van der Waals surface area contributed by atoms with Crippen LogP contribution in [0.25, 0.3) is 10.8 Å². The molecule has 0 unspecified atom stereocenters. The number of benzene rings is 2. The van der Waals surface area contributed by atoms with Crippen LogP contribution in [0.3, 0.4) is 0 Å². The van der Waals surface area contributed by atoms with Gasteiger partial charge in [-0.25, -0.2) is 13.4 Å². The topological polar surface area (TPSA) is 68.3 Å². The molecule has 1 aromatic heterocycles. The Bertz CT molecular complexity index is 955. The Hall–Kier alpha value is -2.31. The number of anilines is 1. The molecule has 0 spiro atoms. The minimum absolute atomic E-state index is 0. The molecule has 3 rings (SSSR count). The van der Waals surface area contributed by atoms with Gasteiger partial charge >= 0.3 is 0 Å². The Kier molecular flexibility index (Phi) is 6.83. The van der Waals surface area contributed by atoms with Gasteiger partial charge in [-0.2, -0.15) is 0 Å². The zero-order chi connectivity index (χ0) is 17.7. The summed E-state index contributed by atoms with van der Waals surface area (Å²) in [6.07, 6.45) is 2.92. The lowest BCUT2D eigenvalue weighted by Gasteiger charge is -2.10. The van der Waals surface area contributed by atoms with Crippen molar-refractivity contribution in [3.05, 3.63) is 60.8 Å². The lowest BCUT2D eigenvalue weighted by Crippen LogP contribution is -2.16. The average Bonchev–Trinajstić information content (AvgIpc) is 2.62. The number of fused-ring (bicyclic) bond motifs is 1. The highest BCUT2D eigenvalue weighted by molar-refractivity contribution is 7.92. The average molecular weight is 393 g/mol. The van der Waals surface area contributed by atoms with Crippen LogP contribution in [0.15, 0.2) is 60.8 Å². The molecule has 1 heterocycles. The van der Waals surface area contributed by atoms with Gasteiger partial charge in [0.25, 0.3) is 0 Å². The quantitative estimate of drug-likeness (QED) is 0.614. The summed E-state index contributed by atoms with van der Waals surface area (Å²) in [5, 5.41) is 2.08. The number of pyridine rings is 1. The Balaban J connectivity index is 0.00000243. The standard InChI is InChI=1S/C19H20N2O3S.ClH/c1-2-3-13-25(22,23)21-16-11-12-19(20-14-16)24-18-10-6-8-15-7-4-5-9-17(15)18;/h4-12,14,21H,2-3,13H2,1H3;1H. The molecule has 26 heavy (non-hydrogen) atoms. The van der Waals surface area contributed by atoms with Crippen molar-refractivity contribution in [2.75, 3.05) is 10.5 Å². The van der Waals surface area contributed by atoms with E-state index >= 15 is 0 Å². The first-order valence-electron chi connectivity index (χ1n) is 8.19. The summed E-state index contributed by atoms with van der Waals surface area (Å²) in [4.78, 5) is 4.20. The summed E-state index contributed by atoms with van der Waals surface area (Å²) in [6.45, 7) is 1.95. The van der Waals surface area contributed by atoms with Crippen molar-refractivity contribution in [1.82, 2.24) is 4.98 Å². The first kappa shape index (κ1) is 20.0. The number of nitrogens with one attached hydrogen (secondary N) is 1. The van der Waals surface area contributed by atoms with E-state index in [1.54, 1.807) is 12.1 Å². The molecule has 0 saturated heterocycles. The number of hydrogen-bond donors (Lipinski definition) is 1. The zero-order valence-corrected chi connectivity index (χ0v) is 16.0. The number of hydrogen-bond acceptors (Lipinski definition) is 4. The van der Waals surface area contributed by atoms with E-state index in [4.69, 9.17) is 4.74 Å². The number of unbranched alkanes of at least 4 members (excludes halogenated alkanes) is 1. The van der Waals surface area contributed by atoms with Crippen LogP contribution >= 0.6 is 12.4 Å². The summed E-state index contributed by atoms with van der Waals surface area (Å²) >= 11 is 0. The molecular formula is C19H21ClN2O3S. The summed E-state index contributed by atoms with van der Waals surface area (Å²) < 4.78 is 32.2. The predicted molar refractivity (Wildman–Crippen MR) is 108 cm³/mol. The second-order valence-electron chi connectivity index (χ2n) is 5.74. The van der Waals surface area contributed by atoms with Crippen molar-refractivity contribution < 1.29 is 13.2 Å². The summed E-state index contributed by atoms with van der Waals surface area (Å²) in [5.41, 5.74) is 0.432. The highest BCUT2D eigenvalue weighted by Crippen LogP contribution is 2.29. The molecule has 0 aliphatic carbocycles. The van der Waals surface area contributed by atoms with Gasteiger partial charge in [-0.05, 0) is 23.9 Å². The predicted octanol–water partition coefficient (Wildman–Crippen LogP) is 4.99. The van der Waals surface area contributed by atoms with Gasteiger partial charge in [0.15, 0.2) is 0 Å². The molecule has 0 saturated carbocycles. The van der Waals surface area contributed by atoms with Crippen molar-refractivity contribution in [2.24, 2.45) is 0 Å². The fourth-order valence-corrected chi connectivity index (χ4v) is 3.71. The van der Waals surface area contributed by atoms with E-state index in [9.17, 15) is 8.42 Å². The largest absolute Gasteiger partial charge is 0.438 e. The molecule has 1 N–H and O–H groups in total. The van der Waals surface area contributed by atoms with Crippen molar-refractivity contribution in [2.45, 2.75) is 19.8 Å². The van der Waals surface area contributed by atoms with Gasteiger partial charge in [0, 0.05) is 11.5 Å². The van der Waals surface area contributed by atoms with E-state index in [-0.39, 0.29) is 18.2 Å². The van der Waals surface area contributed by atoms with E-state index in [0.717, 1.165) is 17.2 Å². The minimum atomic E-state index is -3.33. The smallest absolute Gasteiger partial charge is 0.232 e. The number of rotatable bonds is 7. The van der Waals surface area contributed by atoms with Crippen molar-refractivity contribution in [3.8, 4) is 11.6 Å². The van der Waals surface area contributed by atoms with Crippen LogP contribution in [0.2, 0.25) is 0 Å². The second-order valence-corrected chi connectivity index (χ2v) is 7.58. The first-order valence-corrected chi connectivity index (χ1v) is 9.85. The molecule has 0 amide bonds. The molecule has 0 radical (unpaired) electrons. The van der Waals surface area contributed by atoms with Crippen molar-refractivity contribution >= 4 is 38.9 Å². The van der Waals surface area contributed by atoms with Crippen molar-refractivity contribution in [1.29, 1.82) is 0 Å². The van der Waals surface area contributed by atoms with Gasteiger partial charge in [-0.3, -0.25) is 4.72 Å². The fourth-order valence-electron chi connectivity index (χ4n) is 2.46. The van der Waals surface area contributed by atoms with Gasteiger partial charge < -0.3 is 4.74 Å². The minimum Gasteiger partial charge on any atom is -0.438 e. The molecule has 7 heteroatoms. The summed E-state index contributed by atoms with van der Waals surface area (Å²) in [6, 6.07) is 17.1. The molecule has 0 aliphatic heterocycles. The normalized spacial score (nSPS) is 11.0. The number of aromatic nitrogens is 1. The third kappa shape index (κ3) is 5.09. The van der Waals surface area contributed by atoms with Gasteiger partial charge in [-0.15, -0.1) is 12.4 Å². The van der Waals surface area contributed by atoms with E-state index in [2.05, 4.69) is 9.71 Å². The van der Waals surface area contributed by atoms with Crippen LogP contribution in [0.4, 0.5) is 5.69 Å². The number of nitrogens with zero attached hydrogens (tertiary/aromatic N) is 1. The number of halogens is 1. The molecule has 3 aromatic rings. The molecule has 0 fully saturated rings. The van der Waals surface area contributed by atoms with E-state index in [0.29, 0.717) is 23.7 Å². The molecular weight excluding hydrogens is 372 g/mol. The summed E-state index contributed by atoms with van der Waals surface area (Å²) in [5.74, 6) is 1.23. The second kappa shape index (κ2) is 8.87. The lowest BCUT2D eigenvalue weighted by atomic mass is 10.1. The highest BCUT2D eigenvalue weighted by Gasteiger charge is 2.10. The van der Waals surface area contributed by atoms with E-state index < -0.39 is 10.0 Å². The van der Waals surface area contributed by atoms with Crippen LogP contribution in [0.5, 0.6) is 11.6 Å². The maximum Gasteiger partial charge on any atom is 0.232 e. The van der Waals surface area contributed by atoms with Crippen LogP contribution < -0.4 is 9.46 Å². The molecule has 5 nitrogen and oxygen atoms in total. The van der Waals surface area contributed by atoms with E-state index in [1.165, 1.54) is 6.20 Å². The Labute approximate surface area is 159 Å². The Morgan fingerprint density at radius 3 is 2.54 bits per heavy atom. The SMILES string of the molecule is CCCCS(=O)(=O)Nc1ccc(Oc2cccc3ccccc23)nc1.Cl. The van der Waals surface area contributed by atoms with Crippen molar-refractivity contribution in [3.63, 3.8) is 0 Å². The monoisotopic (exact) mass is 392 g/mol. The zero-order valence-electron chi connectivity index (χ0n) is 14.4. The Morgan fingerprint density at radius 2 is 1.81 bits per heavy atom. The van der Waals surface area contributed by atoms with E-state index in [1.807, 2.05) is 49.4 Å².